The predicted molar refractivity (Wildman–Crippen MR) is 65.3 cm³/mol. The number of phenols is 1. The summed E-state index contributed by atoms with van der Waals surface area (Å²) in [6, 6.07) is 3.69. The number of phenolic OH excluding ortho intramolecular Hbond substituents is 1. The van der Waals surface area contributed by atoms with Gasteiger partial charge in [0.05, 0.1) is 9.78 Å². The third kappa shape index (κ3) is 2.22. The van der Waals surface area contributed by atoms with Gasteiger partial charge in [0.2, 0.25) is 0 Å². The van der Waals surface area contributed by atoms with Crippen molar-refractivity contribution in [3.8, 4) is 5.75 Å². The van der Waals surface area contributed by atoms with Gasteiger partial charge in [0.25, 0.3) is 0 Å². The summed E-state index contributed by atoms with van der Waals surface area (Å²) in [5, 5.41) is 12.9. The highest BCUT2D eigenvalue weighted by molar-refractivity contribution is 14.1. The lowest BCUT2D eigenvalue weighted by Gasteiger charge is -2.01. The molecule has 3 nitrogen and oxygen atoms in total. The Morgan fingerprint density at radius 2 is 2.08 bits per heavy atom. The van der Waals surface area contributed by atoms with Crippen LogP contribution in [0.3, 0.4) is 0 Å². The van der Waals surface area contributed by atoms with Crippen LogP contribution in [0.5, 0.6) is 5.75 Å². The van der Waals surface area contributed by atoms with Gasteiger partial charge in [-0.2, -0.15) is 5.10 Å². The molecule has 5 heteroatoms. The van der Waals surface area contributed by atoms with Crippen LogP contribution in [0.1, 0.15) is 5.56 Å². The number of nitrogens with zero attached hydrogens (tertiary/aromatic N) is 1. The quantitative estimate of drug-likeness (QED) is 0.334. The lowest BCUT2D eigenvalue weighted by atomic mass is 10.2. The minimum atomic E-state index is 0.227. The monoisotopic (exact) mass is 388 g/mol. The maximum atomic E-state index is 9.50. The van der Waals surface area contributed by atoms with Crippen LogP contribution < -0.4 is 5.84 Å². The third-order valence-corrected chi connectivity index (χ3v) is 2.72. The Balaban J connectivity index is 3.27. The van der Waals surface area contributed by atoms with Crippen LogP contribution in [-0.2, 0) is 0 Å². The summed E-state index contributed by atoms with van der Waals surface area (Å²) in [6.07, 6.45) is 1.43. The zero-order chi connectivity index (χ0) is 9.14. The van der Waals surface area contributed by atoms with Gasteiger partial charge in [0, 0.05) is 9.13 Å². The number of rotatable bonds is 1. The van der Waals surface area contributed by atoms with E-state index in [9.17, 15) is 5.11 Å². The molecule has 1 rings (SSSR count). The van der Waals surface area contributed by atoms with E-state index in [0.29, 0.717) is 5.56 Å². The molecular formula is C7H6I2N2O. The largest absolute Gasteiger partial charge is 0.506 e. The molecule has 0 spiro atoms. The van der Waals surface area contributed by atoms with Gasteiger partial charge in [-0.3, -0.25) is 0 Å². The molecule has 1 aromatic carbocycles. The van der Waals surface area contributed by atoms with E-state index in [-0.39, 0.29) is 5.75 Å². The molecule has 0 aliphatic carbocycles. The van der Waals surface area contributed by atoms with Crippen molar-refractivity contribution in [1.29, 1.82) is 0 Å². The second kappa shape index (κ2) is 4.26. The molecular weight excluding hydrogens is 382 g/mol. The zero-order valence-electron chi connectivity index (χ0n) is 5.96. The first-order chi connectivity index (χ1) is 5.65. The van der Waals surface area contributed by atoms with Gasteiger partial charge in [-0.15, -0.1) is 0 Å². The SMILES string of the molecule is NN=Cc1cc(I)cc(I)c1O. The molecule has 0 heterocycles. The van der Waals surface area contributed by atoms with Crippen LogP contribution in [0, 0.1) is 7.14 Å². The molecule has 0 atom stereocenters. The third-order valence-electron chi connectivity index (χ3n) is 1.27. The maximum absolute atomic E-state index is 9.50. The standard InChI is InChI=1S/C7H6I2N2O/c8-5-1-4(3-11-10)7(12)6(9)2-5/h1-3,12H,10H2. The average Bonchev–Trinajstić information content (AvgIpc) is 2.00. The van der Waals surface area contributed by atoms with Crippen LogP contribution in [0.2, 0.25) is 0 Å². The molecule has 0 radical (unpaired) electrons. The van der Waals surface area contributed by atoms with Crippen molar-refractivity contribution < 1.29 is 5.11 Å². The molecule has 0 amide bonds. The van der Waals surface area contributed by atoms with Gasteiger partial charge < -0.3 is 10.9 Å². The van der Waals surface area contributed by atoms with Crippen LogP contribution in [-0.4, -0.2) is 11.3 Å². The molecule has 1 aromatic rings. The highest BCUT2D eigenvalue weighted by Gasteiger charge is 2.04. The van der Waals surface area contributed by atoms with Crippen molar-refractivity contribution in [2.45, 2.75) is 0 Å². The number of aromatic hydroxyl groups is 1. The van der Waals surface area contributed by atoms with Crippen LogP contribution >= 0.6 is 45.2 Å². The lowest BCUT2D eigenvalue weighted by Crippen LogP contribution is -1.90. The fourth-order valence-electron chi connectivity index (χ4n) is 0.765. The Labute approximate surface area is 97.3 Å². The van der Waals surface area contributed by atoms with Crippen molar-refractivity contribution in [2.75, 3.05) is 0 Å². The number of benzene rings is 1. The van der Waals surface area contributed by atoms with Gasteiger partial charge in [-0.1, -0.05) is 0 Å². The van der Waals surface area contributed by atoms with Crippen LogP contribution in [0.4, 0.5) is 0 Å². The number of halogens is 2. The van der Waals surface area contributed by atoms with Gasteiger partial charge in [0.1, 0.15) is 5.75 Å². The average molecular weight is 388 g/mol. The van der Waals surface area contributed by atoms with Gasteiger partial charge >= 0.3 is 0 Å². The van der Waals surface area contributed by atoms with Crippen LogP contribution in [0.15, 0.2) is 17.2 Å². The highest BCUT2D eigenvalue weighted by atomic mass is 127. The topological polar surface area (TPSA) is 58.6 Å². The summed E-state index contributed by atoms with van der Waals surface area (Å²) >= 11 is 4.23. The van der Waals surface area contributed by atoms with E-state index in [1.54, 1.807) is 0 Å². The summed E-state index contributed by atoms with van der Waals surface area (Å²) in [4.78, 5) is 0. The first-order valence-corrected chi connectivity index (χ1v) is 5.22. The summed E-state index contributed by atoms with van der Waals surface area (Å²) in [7, 11) is 0. The second-order valence-electron chi connectivity index (χ2n) is 2.10. The summed E-state index contributed by atoms with van der Waals surface area (Å²) in [6.45, 7) is 0. The summed E-state index contributed by atoms with van der Waals surface area (Å²) in [5.74, 6) is 5.21. The second-order valence-corrected chi connectivity index (χ2v) is 4.51. The molecule has 0 saturated heterocycles. The Bertz CT molecular complexity index is 325. The van der Waals surface area contributed by atoms with Gasteiger partial charge in [-0.05, 0) is 57.3 Å². The number of hydrazone groups is 1. The Hall–Kier alpha value is -0.0500. The first-order valence-electron chi connectivity index (χ1n) is 3.06. The summed E-state index contributed by atoms with van der Waals surface area (Å²) < 4.78 is 1.85. The van der Waals surface area contributed by atoms with E-state index in [1.165, 1.54) is 6.21 Å². The predicted octanol–water partition coefficient (Wildman–Crippen LogP) is 1.89. The normalized spacial score (nSPS) is 10.8. The van der Waals surface area contributed by atoms with E-state index in [0.717, 1.165) is 7.14 Å². The van der Waals surface area contributed by atoms with Crippen LogP contribution in [0.25, 0.3) is 0 Å². The van der Waals surface area contributed by atoms with Crippen molar-refractivity contribution in [2.24, 2.45) is 10.9 Å². The molecule has 0 fully saturated rings. The maximum Gasteiger partial charge on any atom is 0.137 e. The molecule has 0 aliphatic rings. The fourth-order valence-corrected chi connectivity index (χ4v) is 2.65. The highest BCUT2D eigenvalue weighted by Crippen LogP contribution is 2.25. The van der Waals surface area contributed by atoms with Gasteiger partial charge in [0.15, 0.2) is 0 Å². The molecule has 12 heavy (non-hydrogen) atoms. The number of hydrogen-bond donors (Lipinski definition) is 2. The van der Waals surface area contributed by atoms with E-state index in [1.807, 2.05) is 12.1 Å². The van der Waals surface area contributed by atoms with Crippen molar-refractivity contribution in [1.82, 2.24) is 0 Å². The first kappa shape index (κ1) is 10.0. The smallest absolute Gasteiger partial charge is 0.137 e. The molecule has 0 aromatic heterocycles. The number of hydrogen-bond acceptors (Lipinski definition) is 3. The molecule has 0 unspecified atom stereocenters. The fraction of sp³-hybridized carbons (Fsp3) is 0. The molecule has 0 aliphatic heterocycles. The zero-order valence-corrected chi connectivity index (χ0v) is 10.3. The molecule has 3 N–H and O–H groups in total. The molecule has 0 bridgehead atoms. The van der Waals surface area contributed by atoms with E-state index < -0.39 is 0 Å². The van der Waals surface area contributed by atoms with Crippen molar-refractivity contribution in [3.05, 3.63) is 24.8 Å². The Morgan fingerprint density at radius 3 is 2.67 bits per heavy atom. The number of nitrogens with two attached hydrogens (primary N) is 1. The summed E-state index contributed by atoms with van der Waals surface area (Å²) in [5.41, 5.74) is 0.647. The Morgan fingerprint density at radius 1 is 1.42 bits per heavy atom. The molecule has 0 saturated carbocycles. The van der Waals surface area contributed by atoms with Gasteiger partial charge in [-0.25, -0.2) is 0 Å². The minimum absolute atomic E-state index is 0.227. The molecule has 64 valence electrons. The Kier molecular flexibility index (Phi) is 3.56. The van der Waals surface area contributed by atoms with Crippen molar-refractivity contribution >= 4 is 51.4 Å². The van der Waals surface area contributed by atoms with E-state index in [4.69, 9.17) is 5.84 Å². The van der Waals surface area contributed by atoms with E-state index in [2.05, 4.69) is 50.3 Å². The van der Waals surface area contributed by atoms with Crippen molar-refractivity contribution in [3.63, 3.8) is 0 Å². The lowest BCUT2D eigenvalue weighted by molar-refractivity contribution is 0.470. The van der Waals surface area contributed by atoms with E-state index >= 15 is 0 Å². The minimum Gasteiger partial charge on any atom is -0.506 e.